The van der Waals surface area contributed by atoms with Crippen molar-refractivity contribution in [3.05, 3.63) is 206 Å². The summed E-state index contributed by atoms with van der Waals surface area (Å²) in [5, 5.41) is 7.43. The van der Waals surface area contributed by atoms with E-state index in [1.165, 1.54) is 98.2 Å². The summed E-state index contributed by atoms with van der Waals surface area (Å²) in [6.07, 6.45) is 6.47. The van der Waals surface area contributed by atoms with E-state index in [0.717, 1.165) is 39.0 Å². The number of benzene rings is 9. The Bertz CT molecular complexity index is 3400. The third-order valence-electron chi connectivity index (χ3n) is 13.2. The average Bonchev–Trinajstić information content (AvgIpc) is 3.87. The Kier molecular flexibility index (Phi) is 8.59. The van der Waals surface area contributed by atoms with Gasteiger partial charge in [0.25, 0.3) is 0 Å². The molecule has 292 valence electrons. The van der Waals surface area contributed by atoms with E-state index in [1.807, 2.05) is 6.07 Å². The molecule has 3 heteroatoms. The van der Waals surface area contributed by atoms with Gasteiger partial charge in [0.1, 0.15) is 11.2 Å². The first-order valence-corrected chi connectivity index (χ1v) is 21.8. The second-order valence-electron chi connectivity index (χ2n) is 16.7. The predicted molar refractivity (Wildman–Crippen MR) is 257 cm³/mol. The van der Waals surface area contributed by atoms with Gasteiger partial charge in [0.2, 0.25) is 0 Å². The molecule has 61 heavy (non-hydrogen) atoms. The smallest absolute Gasteiger partial charge is 0.135 e. The Morgan fingerprint density at radius 2 is 1.11 bits per heavy atom. The Labute approximate surface area is 355 Å². The zero-order valence-electron chi connectivity index (χ0n) is 34.0. The highest BCUT2D eigenvalue weighted by Crippen LogP contribution is 2.47. The fourth-order valence-electron chi connectivity index (χ4n) is 10.3. The van der Waals surface area contributed by atoms with Crippen molar-refractivity contribution in [3.63, 3.8) is 0 Å². The van der Waals surface area contributed by atoms with Crippen LogP contribution in [0.15, 0.2) is 205 Å². The summed E-state index contributed by atoms with van der Waals surface area (Å²) in [4.78, 5) is 2.44. The number of aromatic nitrogens is 1. The second kappa shape index (κ2) is 14.7. The van der Waals surface area contributed by atoms with Crippen LogP contribution in [0.5, 0.6) is 0 Å². The van der Waals surface area contributed by atoms with Crippen LogP contribution in [0.3, 0.4) is 0 Å². The van der Waals surface area contributed by atoms with Crippen LogP contribution in [0.4, 0.5) is 17.1 Å². The molecule has 0 N–H and O–H groups in total. The number of para-hydroxylation sites is 4. The lowest BCUT2D eigenvalue weighted by Crippen LogP contribution is -2.11. The van der Waals surface area contributed by atoms with Crippen molar-refractivity contribution in [2.75, 3.05) is 4.90 Å². The SMILES string of the molecule is c1ccc(-n2c3ccccc3c3cc(-c4ccc(N(c5ccc6oc7ccccc7c6c5)c5ccccc5-c5cccc6cccc(C7CCCCC7)c56)cc4)ccc32)cc1. The van der Waals surface area contributed by atoms with Crippen LogP contribution in [0, 0.1) is 0 Å². The zero-order valence-corrected chi connectivity index (χ0v) is 34.0. The summed E-state index contributed by atoms with van der Waals surface area (Å²) in [6, 6.07) is 73.3. The van der Waals surface area contributed by atoms with Gasteiger partial charge in [-0.2, -0.15) is 0 Å². The van der Waals surface area contributed by atoms with E-state index in [0.29, 0.717) is 5.92 Å². The van der Waals surface area contributed by atoms with Crippen LogP contribution >= 0.6 is 0 Å². The standard InChI is InChI=1S/C58H44N2O/c1-3-15-40(16-4-1)46-24-13-17-41-18-14-25-50(58(41)46)47-21-7-10-26-53(47)59(45-34-36-57-52(38-45)49-23-9-12-28-56(49)61-57)44-32-29-39(30-33-44)42-31-35-55-51(37-42)48-22-8-11-27-54(48)60(55)43-19-5-2-6-20-43/h2,5-14,17-38,40H,1,3-4,15-16H2. The van der Waals surface area contributed by atoms with Gasteiger partial charge < -0.3 is 13.9 Å². The van der Waals surface area contributed by atoms with Crippen LogP contribution in [0.1, 0.15) is 43.6 Å². The number of rotatable bonds is 7. The third-order valence-corrected chi connectivity index (χ3v) is 13.2. The van der Waals surface area contributed by atoms with E-state index in [2.05, 4.69) is 204 Å². The summed E-state index contributed by atoms with van der Waals surface area (Å²) in [6.45, 7) is 0. The molecule has 0 atom stereocenters. The summed E-state index contributed by atoms with van der Waals surface area (Å²) < 4.78 is 8.72. The molecular formula is C58H44N2O. The summed E-state index contributed by atoms with van der Waals surface area (Å²) in [7, 11) is 0. The second-order valence-corrected chi connectivity index (χ2v) is 16.7. The highest BCUT2D eigenvalue weighted by molar-refractivity contribution is 6.11. The van der Waals surface area contributed by atoms with Gasteiger partial charge in [0.05, 0.1) is 16.7 Å². The maximum atomic E-state index is 6.34. The van der Waals surface area contributed by atoms with Gasteiger partial charge in [-0.1, -0.05) is 147 Å². The molecule has 2 aromatic heterocycles. The number of hydrogen-bond acceptors (Lipinski definition) is 2. The molecule has 9 aromatic carbocycles. The maximum absolute atomic E-state index is 6.34. The number of furan rings is 1. The largest absolute Gasteiger partial charge is 0.456 e. The van der Waals surface area contributed by atoms with Crippen LogP contribution in [0.2, 0.25) is 0 Å². The molecule has 0 amide bonds. The zero-order chi connectivity index (χ0) is 40.3. The van der Waals surface area contributed by atoms with Crippen molar-refractivity contribution in [2.24, 2.45) is 0 Å². The molecule has 0 radical (unpaired) electrons. The first-order chi connectivity index (χ1) is 30.3. The molecule has 3 nitrogen and oxygen atoms in total. The van der Waals surface area contributed by atoms with Gasteiger partial charge in [-0.05, 0) is 125 Å². The molecule has 0 saturated heterocycles. The lowest BCUT2D eigenvalue weighted by atomic mass is 9.80. The van der Waals surface area contributed by atoms with Gasteiger partial charge in [-0.25, -0.2) is 0 Å². The fraction of sp³-hybridized carbons (Fsp3) is 0.103. The maximum Gasteiger partial charge on any atom is 0.135 e. The highest BCUT2D eigenvalue weighted by Gasteiger charge is 2.23. The lowest BCUT2D eigenvalue weighted by Gasteiger charge is -2.29. The molecule has 0 unspecified atom stereocenters. The van der Waals surface area contributed by atoms with E-state index < -0.39 is 0 Å². The Morgan fingerprint density at radius 3 is 1.98 bits per heavy atom. The minimum absolute atomic E-state index is 0.584. The minimum Gasteiger partial charge on any atom is -0.456 e. The van der Waals surface area contributed by atoms with Crippen LogP contribution in [-0.4, -0.2) is 4.57 Å². The molecule has 1 aliphatic rings. The number of fused-ring (bicyclic) bond motifs is 7. The first kappa shape index (κ1) is 35.6. The molecule has 11 aromatic rings. The van der Waals surface area contributed by atoms with Crippen LogP contribution in [-0.2, 0) is 0 Å². The predicted octanol–water partition coefficient (Wildman–Crippen LogP) is 16.7. The average molecular weight is 785 g/mol. The molecule has 0 aliphatic heterocycles. The minimum atomic E-state index is 0.584. The van der Waals surface area contributed by atoms with E-state index in [9.17, 15) is 0 Å². The summed E-state index contributed by atoms with van der Waals surface area (Å²) in [5.41, 5.74) is 15.1. The Hall–Kier alpha value is -7.36. The van der Waals surface area contributed by atoms with Gasteiger partial charge in [-0.3, -0.25) is 0 Å². The van der Waals surface area contributed by atoms with E-state index in [4.69, 9.17) is 4.42 Å². The monoisotopic (exact) mass is 784 g/mol. The van der Waals surface area contributed by atoms with Crippen molar-refractivity contribution >= 4 is 71.6 Å². The first-order valence-electron chi connectivity index (χ1n) is 21.8. The van der Waals surface area contributed by atoms with Crippen molar-refractivity contribution in [3.8, 4) is 27.9 Å². The summed E-state index contributed by atoms with van der Waals surface area (Å²) in [5.74, 6) is 0.584. The number of hydrogen-bond donors (Lipinski definition) is 0. The molecule has 0 bridgehead atoms. The number of nitrogens with zero attached hydrogens (tertiary/aromatic N) is 2. The molecular weight excluding hydrogens is 741 g/mol. The van der Waals surface area contributed by atoms with Crippen LogP contribution < -0.4 is 4.90 Å². The van der Waals surface area contributed by atoms with E-state index in [-0.39, 0.29) is 0 Å². The van der Waals surface area contributed by atoms with Gasteiger partial charge >= 0.3 is 0 Å². The molecule has 1 fully saturated rings. The quantitative estimate of drug-likeness (QED) is 0.161. The molecule has 1 saturated carbocycles. The van der Waals surface area contributed by atoms with Crippen LogP contribution in [0.25, 0.3) is 82.5 Å². The Morgan fingerprint density at radius 1 is 0.443 bits per heavy atom. The van der Waals surface area contributed by atoms with E-state index in [1.54, 1.807) is 0 Å². The molecule has 0 spiro atoms. The fourth-order valence-corrected chi connectivity index (χ4v) is 10.3. The normalized spacial score (nSPS) is 13.5. The van der Waals surface area contributed by atoms with E-state index >= 15 is 0 Å². The molecule has 2 heterocycles. The van der Waals surface area contributed by atoms with Gasteiger partial charge in [-0.15, -0.1) is 0 Å². The van der Waals surface area contributed by atoms with Gasteiger partial charge in [0.15, 0.2) is 0 Å². The van der Waals surface area contributed by atoms with Crippen molar-refractivity contribution in [1.82, 2.24) is 4.57 Å². The Balaban J connectivity index is 1.02. The third kappa shape index (κ3) is 6.03. The summed E-state index contributed by atoms with van der Waals surface area (Å²) >= 11 is 0. The topological polar surface area (TPSA) is 21.3 Å². The van der Waals surface area contributed by atoms with Crippen molar-refractivity contribution in [1.29, 1.82) is 0 Å². The number of anilines is 3. The lowest BCUT2D eigenvalue weighted by molar-refractivity contribution is 0.445. The molecule has 12 rings (SSSR count). The molecule has 1 aliphatic carbocycles. The van der Waals surface area contributed by atoms with Crippen molar-refractivity contribution < 1.29 is 4.42 Å². The highest BCUT2D eigenvalue weighted by atomic mass is 16.3. The van der Waals surface area contributed by atoms with Gasteiger partial charge in [0, 0.05) is 44.2 Å². The van der Waals surface area contributed by atoms with Crippen molar-refractivity contribution in [2.45, 2.75) is 38.0 Å².